The Labute approximate surface area is 193 Å². The molecule has 1 aliphatic heterocycles. The van der Waals surface area contributed by atoms with Crippen LogP contribution in [0.1, 0.15) is 40.4 Å². The average molecular weight is 478 g/mol. The third-order valence-corrected chi connectivity index (χ3v) is 5.26. The number of hydrogen-bond donors (Lipinski definition) is 2. The predicted molar refractivity (Wildman–Crippen MR) is 119 cm³/mol. The van der Waals surface area contributed by atoms with Gasteiger partial charge < -0.3 is 19.7 Å². The molecule has 182 valence electrons. The summed E-state index contributed by atoms with van der Waals surface area (Å²) < 4.78 is 37.5. The van der Waals surface area contributed by atoms with Crippen LogP contribution in [0.4, 0.5) is 19.0 Å². The number of aromatic nitrogens is 3. The normalized spacial score (nSPS) is 16.1. The van der Waals surface area contributed by atoms with E-state index in [0.717, 1.165) is 53.2 Å². The number of halogens is 3. The number of carbonyl (C=O) groups excluding carboxylic acids is 1. The molecule has 8 nitrogen and oxygen atoms in total. The van der Waals surface area contributed by atoms with Crippen LogP contribution in [0.25, 0.3) is 10.9 Å². The number of alkyl halides is 3. The molecule has 0 aliphatic carbocycles. The highest BCUT2D eigenvalue weighted by molar-refractivity contribution is 5.95. The first-order chi connectivity index (χ1) is 15.9. The summed E-state index contributed by atoms with van der Waals surface area (Å²) in [7, 11) is 0. The number of aliphatic carboxylic acids is 1. The number of anilines is 1. The van der Waals surface area contributed by atoms with E-state index in [-0.39, 0.29) is 12.1 Å². The van der Waals surface area contributed by atoms with Crippen LogP contribution in [0.5, 0.6) is 0 Å². The maximum atomic E-state index is 12.6. The molecule has 11 heteroatoms. The van der Waals surface area contributed by atoms with E-state index in [1.165, 1.54) is 0 Å². The van der Waals surface area contributed by atoms with Gasteiger partial charge in [0.05, 0.1) is 6.54 Å². The minimum absolute atomic E-state index is 0.144. The number of carboxylic acid groups (broad SMARTS) is 1. The van der Waals surface area contributed by atoms with Gasteiger partial charge in [-0.25, -0.2) is 19.6 Å². The summed E-state index contributed by atoms with van der Waals surface area (Å²) in [5, 5.41) is 8.15. The summed E-state index contributed by atoms with van der Waals surface area (Å²) in [6.45, 7) is 7.46. The van der Waals surface area contributed by atoms with Crippen molar-refractivity contribution in [2.45, 2.75) is 45.9 Å². The Balaban J connectivity index is 0.000000406. The molecule has 0 saturated carbocycles. The Kier molecular flexibility index (Phi) is 7.43. The van der Waals surface area contributed by atoms with Crippen LogP contribution in [0.3, 0.4) is 0 Å². The Morgan fingerprint density at radius 1 is 1.18 bits per heavy atom. The fourth-order valence-electron chi connectivity index (χ4n) is 3.73. The smallest absolute Gasteiger partial charge is 0.475 e. The molecule has 3 heterocycles. The number of aryl methyl sites for hydroxylation is 3. The van der Waals surface area contributed by atoms with Crippen molar-refractivity contribution in [2.24, 2.45) is 0 Å². The minimum atomic E-state index is -5.08. The van der Waals surface area contributed by atoms with Crippen LogP contribution >= 0.6 is 0 Å². The standard InChI is InChI=1S/C21H24N4O2.C2HF3O2/c1-13-6-4-7-16-11-18(24-20(13)16)21(26)27-17-8-5-9-25(12-17)19-10-14(2)22-15(3)23-19;3-2(4,5)1(6)7/h4,6-7,10-11,17,24H,5,8-9,12H2,1-3H3;(H,6,7). The summed E-state index contributed by atoms with van der Waals surface area (Å²) in [5.41, 5.74) is 3.56. The van der Waals surface area contributed by atoms with E-state index in [1.54, 1.807) is 0 Å². The van der Waals surface area contributed by atoms with E-state index in [9.17, 15) is 18.0 Å². The number of nitrogens with zero attached hydrogens (tertiary/aromatic N) is 3. The van der Waals surface area contributed by atoms with Crippen molar-refractivity contribution < 1.29 is 32.6 Å². The number of esters is 1. The van der Waals surface area contributed by atoms with Gasteiger partial charge in [0.2, 0.25) is 0 Å². The van der Waals surface area contributed by atoms with Gasteiger partial charge in [0, 0.05) is 29.2 Å². The van der Waals surface area contributed by atoms with E-state index in [1.807, 2.05) is 51.1 Å². The zero-order chi connectivity index (χ0) is 25.0. The van der Waals surface area contributed by atoms with E-state index >= 15 is 0 Å². The van der Waals surface area contributed by atoms with E-state index in [4.69, 9.17) is 14.6 Å². The lowest BCUT2D eigenvalue weighted by molar-refractivity contribution is -0.192. The number of piperidine rings is 1. The Morgan fingerprint density at radius 3 is 2.50 bits per heavy atom. The lowest BCUT2D eigenvalue weighted by atomic mass is 10.1. The van der Waals surface area contributed by atoms with E-state index < -0.39 is 12.1 Å². The van der Waals surface area contributed by atoms with Crippen molar-refractivity contribution in [3.8, 4) is 0 Å². The van der Waals surface area contributed by atoms with Crippen molar-refractivity contribution in [1.82, 2.24) is 15.0 Å². The largest absolute Gasteiger partial charge is 0.490 e. The maximum Gasteiger partial charge on any atom is 0.490 e. The van der Waals surface area contributed by atoms with Gasteiger partial charge in [0.15, 0.2) is 0 Å². The van der Waals surface area contributed by atoms with Gasteiger partial charge >= 0.3 is 18.1 Å². The number of rotatable bonds is 3. The van der Waals surface area contributed by atoms with Crippen LogP contribution in [0.2, 0.25) is 0 Å². The van der Waals surface area contributed by atoms with Crippen molar-refractivity contribution >= 4 is 28.7 Å². The molecule has 2 aromatic heterocycles. The van der Waals surface area contributed by atoms with Gasteiger partial charge in [-0.1, -0.05) is 18.2 Å². The molecule has 1 fully saturated rings. The van der Waals surface area contributed by atoms with E-state index in [2.05, 4.69) is 19.9 Å². The Hall–Kier alpha value is -3.63. The molecule has 1 unspecified atom stereocenters. The minimum Gasteiger partial charge on any atom is -0.475 e. The molecular weight excluding hydrogens is 453 g/mol. The highest BCUT2D eigenvalue weighted by Gasteiger charge is 2.38. The number of carbonyl (C=O) groups is 2. The molecule has 1 atom stereocenters. The lowest BCUT2D eigenvalue weighted by Crippen LogP contribution is -2.41. The van der Waals surface area contributed by atoms with Gasteiger partial charge in [-0.2, -0.15) is 13.2 Å². The number of para-hydroxylation sites is 1. The summed E-state index contributed by atoms with van der Waals surface area (Å²) in [6.07, 6.45) is -3.40. The first-order valence-corrected chi connectivity index (χ1v) is 10.6. The van der Waals surface area contributed by atoms with E-state index in [0.29, 0.717) is 12.2 Å². The number of ether oxygens (including phenoxy) is 1. The third-order valence-electron chi connectivity index (χ3n) is 5.26. The van der Waals surface area contributed by atoms with Gasteiger partial charge in [0.1, 0.15) is 23.4 Å². The van der Waals surface area contributed by atoms with Gasteiger partial charge in [0.25, 0.3) is 0 Å². The Morgan fingerprint density at radius 2 is 1.88 bits per heavy atom. The average Bonchev–Trinajstić information content (AvgIpc) is 3.19. The quantitative estimate of drug-likeness (QED) is 0.539. The zero-order valence-electron chi connectivity index (χ0n) is 18.9. The molecule has 0 amide bonds. The molecule has 0 radical (unpaired) electrons. The molecule has 0 spiro atoms. The SMILES string of the molecule is Cc1cc(N2CCCC(OC(=O)c3cc4cccc(C)c4[nH]3)C2)nc(C)n1.O=C(O)C(F)(F)F. The van der Waals surface area contributed by atoms with Crippen molar-refractivity contribution in [1.29, 1.82) is 0 Å². The molecule has 1 aliphatic rings. The number of nitrogens with one attached hydrogen (secondary N) is 1. The highest BCUT2D eigenvalue weighted by Crippen LogP contribution is 2.23. The fraction of sp³-hybridized carbons (Fsp3) is 0.391. The van der Waals surface area contributed by atoms with Crippen molar-refractivity contribution in [2.75, 3.05) is 18.0 Å². The predicted octanol–water partition coefficient (Wildman–Crippen LogP) is 4.34. The molecule has 34 heavy (non-hydrogen) atoms. The molecule has 0 bridgehead atoms. The van der Waals surface area contributed by atoms with Crippen LogP contribution in [-0.2, 0) is 9.53 Å². The molecule has 1 aromatic carbocycles. The maximum absolute atomic E-state index is 12.6. The number of benzene rings is 1. The van der Waals surface area contributed by atoms with Gasteiger partial charge in [-0.05, 0) is 45.2 Å². The van der Waals surface area contributed by atoms with Crippen molar-refractivity contribution in [3.63, 3.8) is 0 Å². The molecule has 2 N–H and O–H groups in total. The molecular formula is C23H25F3N4O4. The second kappa shape index (κ2) is 10.1. The Bertz CT molecular complexity index is 1170. The van der Waals surface area contributed by atoms with Crippen LogP contribution < -0.4 is 4.90 Å². The van der Waals surface area contributed by atoms with Gasteiger partial charge in [-0.15, -0.1) is 0 Å². The first kappa shape index (κ1) is 25.0. The van der Waals surface area contributed by atoms with Crippen LogP contribution in [0.15, 0.2) is 30.3 Å². The first-order valence-electron chi connectivity index (χ1n) is 10.6. The van der Waals surface area contributed by atoms with Crippen LogP contribution in [-0.4, -0.2) is 57.4 Å². The summed E-state index contributed by atoms with van der Waals surface area (Å²) >= 11 is 0. The number of H-pyrrole nitrogens is 1. The lowest BCUT2D eigenvalue weighted by Gasteiger charge is -2.33. The molecule has 1 saturated heterocycles. The second-order valence-electron chi connectivity index (χ2n) is 8.06. The summed E-state index contributed by atoms with van der Waals surface area (Å²) in [5.74, 6) is -1.39. The highest BCUT2D eigenvalue weighted by atomic mass is 19.4. The monoisotopic (exact) mass is 478 g/mol. The van der Waals surface area contributed by atoms with Gasteiger partial charge in [-0.3, -0.25) is 0 Å². The number of carboxylic acids is 1. The summed E-state index contributed by atoms with van der Waals surface area (Å²) in [4.78, 5) is 35.8. The zero-order valence-corrected chi connectivity index (χ0v) is 18.9. The topological polar surface area (TPSA) is 108 Å². The number of aromatic amines is 1. The fourth-order valence-corrected chi connectivity index (χ4v) is 3.73. The third kappa shape index (κ3) is 6.24. The second-order valence-corrected chi connectivity index (χ2v) is 8.06. The number of fused-ring (bicyclic) bond motifs is 1. The molecule has 3 aromatic rings. The molecule has 4 rings (SSSR count). The summed E-state index contributed by atoms with van der Waals surface area (Å²) in [6, 6.07) is 9.86. The van der Waals surface area contributed by atoms with Crippen LogP contribution in [0, 0.1) is 20.8 Å². The number of hydrogen-bond acceptors (Lipinski definition) is 6. The van der Waals surface area contributed by atoms with Crippen molar-refractivity contribution in [3.05, 3.63) is 53.1 Å².